The van der Waals surface area contributed by atoms with Gasteiger partial charge in [-0.15, -0.1) is 0 Å². The number of aromatic amines is 1. The Labute approximate surface area is 165 Å². The molecule has 0 bridgehead atoms. The number of nitrogen functional groups attached to an aromatic ring is 2. The fourth-order valence-electron chi connectivity index (χ4n) is 2.88. The van der Waals surface area contributed by atoms with E-state index in [0.29, 0.717) is 28.4 Å². The third-order valence-electron chi connectivity index (χ3n) is 4.31. The first-order valence-corrected chi connectivity index (χ1v) is 8.72. The van der Waals surface area contributed by atoms with Crippen LogP contribution in [0.2, 0.25) is 0 Å². The molecule has 1 amide bonds. The zero-order chi connectivity index (χ0) is 20.4. The van der Waals surface area contributed by atoms with Crippen LogP contribution in [0.4, 0.5) is 28.8 Å². The maximum Gasteiger partial charge on any atom is 0.274 e. The van der Waals surface area contributed by atoms with Gasteiger partial charge in [0.1, 0.15) is 11.5 Å². The topological polar surface area (TPSA) is 159 Å². The van der Waals surface area contributed by atoms with Gasteiger partial charge >= 0.3 is 0 Å². The highest BCUT2D eigenvalue weighted by Gasteiger charge is 2.16. The molecule has 0 radical (unpaired) electrons. The van der Waals surface area contributed by atoms with Crippen molar-refractivity contribution < 1.29 is 4.79 Å². The van der Waals surface area contributed by atoms with Crippen molar-refractivity contribution >= 4 is 51.4 Å². The second-order valence-electron chi connectivity index (χ2n) is 6.34. The lowest BCUT2D eigenvalue weighted by molar-refractivity contribution is -0.110. The third-order valence-corrected chi connectivity index (χ3v) is 4.31. The molecule has 144 valence electrons. The molecular formula is C20H18N8O. The number of aromatic nitrogens is 3. The number of amides is 1. The van der Waals surface area contributed by atoms with Crippen molar-refractivity contribution in [3.05, 3.63) is 66.5 Å². The minimum Gasteiger partial charge on any atom is -0.398 e. The molecule has 9 nitrogen and oxygen atoms in total. The molecule has 0 unspecified atom stereocenters. The van der Waals surface area contributed by atoms with Crippen molar-refractivity contribution in [2.24, 2.45) is 0 Å². The first-order valence-electron chi connectivity index (χ1n) is 8.72. The van der Waals surface area contributed by atoms with Gasteiger partial charge in [-0.1, -0.05) is 6.07 Å². The van der Waals surface area contributed by atoms with E-state index in [4.69, 9.17) is 16.9 Å². The molecular weight excluding hydrogens is 368 g/mol. The van der Waals surface area contributed by atoms with Crippen molar-refractivity contribution in [2.75, 3.05) is 22.1 Å². The first kappa shape index (κ1) is 18.0. The molecule has 9 heteroatoms. The molecule has 8 N–H and O–H groups in total. The number of rotatable bonds is 5. The molecule has 0 aliphatic rings. The number of nitrogens with one attached hydrogen (secondary N) is 4. The molecule has 0 fully saturated rings. The Morgan fingerprint density at radius 3 is 2.69 bits per heavy atom. The SMILES string of the molecule is N=C(C(=O)Nc1ccc2cc[nH]c2c1)c1cc(Nc2ccnc(N)n2)ccc1N. The van der Waals surface area contributed by atoms with E-state index in [2.05, 4.69) is 25.6 Å². The predicted molar refractivity (Wildman–Crippen MR) is 114 cm³/mol. The van der Waals surface area contributed by atoms with Crippen LogP contribution >= 0.6 is 0 Å². The van der Waals surface area contributed by atoms with Crippen LogP contribution in [-0.2, 0) is 4.79 Å². The van der Waals surface area contributed by atoms with Gasteiger partial charge in [0.15, 0.2) is 0 Å². The number of hydrogen-bond acceptors (Lipinski definition) is 7. The Bertz CT molecular complexity index is 1230. The summed E-state index contributed by atoms with van der Waals surface area (Å²) in [6.07, 6.45) is 3.35. The fourth-order valence-corrected chi connectivity index (χ4v) is 2.88. The third kappa shape index (κ3) is 3.83. The Morgan fingerprint density at radius 1 is 1.03 bits per heavy atom. The predicted octanol–water partition coefficient (Wildman–Crippen LogP) is 2.87. The number of carbonyl (C=O) groups excluding carboxylic acids is 1. The van der Waals surface area contributed by atoms with E-state index < -0.39 is 5.91 Å². The van der Waals surface area contributed by atoms with Gasteiger partial charge in [-0.3, -0.25) is 10.2 Å². The maximum absolute atomic E-state index is 12.6. The summed E-state index contributed by atoms with van der Waals surface area (Å²) in [6, 6.07) is 14.0. The van der Waals surface area contributed by atoms with Crippen LogP contribution in [0.15, 0.2) is 60.9 Å². The number of anilines is 5. The highest BCUT2D eigenvalue weighted by atomic mass is 16.1. The van der Waals surface area contributed by atoms with E-state index in [1.54, 1.807) is 36.4 Å². The van der Waals surface area contributed by atoms with Crippen LogP contribution in [-0.4, -0.2) is 26.6 Å². The molecule has 2 aromatic heterocycles. The lowest BCUT2D eigenvalue weighted by Crippen LogP contribution is -2.24. The molecule has 0 atom stereocenters. The summed E-state index contributed by atoms with van der Waals surface area (Å²) < 4.78 is 0. The van der Waals surface area contributed by atoms with Crippen molar-refractivity contribution in [1.29, 1.82) is 5.41 Å². The van der Waals surface area contributed by atoms with Gasteiger partial charge in [0.25, 0.3) is 5.91 Å². The number of nitrogens with zero attached hydrogens (tertiary/aromatic N) is 2. The fraction of sp³-hybridized carbons (Fsp3) is 0. The van der Waals surface area contributed by atoms with Crippen LogP contribution in [0.3, 0.4) is 0 Å². The van der Waals surface area contributed by atoms with Crippen LogP contribution in [0, 0.1) is 5.41 Å². The lowest BCUT2D eigenvalue weighted by Gasteiger charge is -2.12. The Balaban J connectivity index is 1.54. The zero-order valence-corrected chi connectivity index (χ0v) is 15.2. The summed E-state index contributed by atoms with van der Waals surface area (Å²) >= 11 is 0. The second kappa shape index (κ2) is 7.31. The minimum atomic E-state index is -0.564. The highest BCUT2D eigenvalue weighted by molar-refractivity contribution is 6.48. The molecule has 4 aromatic rings. The van der Waals surface area contributed by atoms with E-state index in [1.807, 2.05) is 18.3 Å². The summed E-state index contributed by atoms with van der Waals surface area (Å²) in [6.45, 7) is 0. The van der Waals surface area contributed by atoms with Crippen molar-refractivity contribution in [1.82, 2.24) is 15.0 Å². The summed E-state index contributed by atoms with van der Waals surface area (Å²) in [5, 5.41) is 15.1. The van der Waals surface area contributed by atoms with Gasteiger partial charge in [0, 0.05) is 40.5 Å². The summed E-state index contributed by atoms with van der Waals surface area (Å²) in [5.41, 5.74) is 14.0. The van der Waals surface area contributed by atoms with Gasteiger partial charge in [-0.25, -0.2) is 4.98 Å². The van der Waals surface area contributed by atoms with Crippen molar-refractivity contribution in [3.63, 3.8) is 0 Å². The van der Waals surface area contributed by atoms with Gasteiger partial charge in [-0.05, 0) is 47.9 Å². The van der Waals surface area contributed by atoms with Gasteiger partial charge in [-0.2, -0.15) is 4.98 Å². The lowest BCUT2D eigenvalue weighted by atomic mass is 10.1. The molecule has 0 aliphatic heterocycles. The average molecular weight is 386 g/mol. The van der Waals surface area contributed by atoms with E-state index in [1.165, 1.54) is 6.20 Å². The zero-order valence-electron chi connectivity index (χ0n) is 15.2. The van der Waals surface area contributed by atoms with Gasteiger partial charge in [0.05, 0.1) is 0 Å². The number of nitrogens with two attached hydrogens (primary N) is 2. The standard InChI is InChI=1S/C20H18N8O/c21-15-4-3-12(26-17-6-8-25-20(23)28-17)9-14(15)18(22)19(29)27-13-2-1-11-5-7-24-16(11)10-13/h1-10,22,24H,21H2,(H,27,29)(H3,23,25,26,28). The molecule has 0 saturated carbocycles. The second-order valence-corrected chi connectivity index (χ2v) is 6.34. The average Bonchev–Trinajstić information content (AvgIpc) is 3.17. The van der Waals surface area contributed by atoms with E-state index in [0.717, 1.165) is 10.9 Å². The number of H-pyrrole nitrogens is 1. The number of fused-ring (bicyclic) bond motifs is 1. The molecule has 0 spiro atoms. The monoisotopic (exact) mass is 386 g/mol. The molecule has 2 heterocycles. The van der Waals surface area contributed by atoms with E-state index in [9.17, 15) is 4.79 Å². The van der Waals surface area contributed by atoms with Gasteiger partial charge < -0.3 is 27.1 Å². The largest absolute Gasteiger partial charge is 0.398 e. The Morgan fingerprint density at radius 2 is 1.86 bits per heavy atom. The van der Waals surface area contributed by atoms with Crippen LogP contribution in [0.5, 0.6) is 0 Å². The Kier molecular flexibility index (Phi) is 4.54. The normalized spacial score (nSPS) is 10.6. The quantitative estimate of drug-likeness (QED) is 0.228. The summed E-state index contributed by atoms with van der Waals surface area (Å²) in [5.74, 6) is 0.0614. The molecule has 29 heavy (non-hydrogen) atoms. The molecule has 4 rings (SSSR count). The van der Waals surface area contributed by atoms with Crippen molar-refractivity contribution in [2.45, 2.75) is 0 Å². The number of hydrogen-bond donors (Lipinski definition) is 6. The van der Waals surface area contributed by atoms with Gasteiger partial charge in [0.2, 0.25) is 5.95 Å². The van der Waals surface area contributed by atoms with Crippen LogP contribution in [0.25, 0.3) is 10.9 Å². The molecule has 0 saturated heterocycles. The van der Waals surface area contributed by atoms with E-state index >= 15 is 0 Å². The van der Waals surface area contributed by atoms with Crippen molar-refractivity contribution in [3.8, 4) is 0 Å². The highest BCUT2D eigenvalue weighted by Crippen LogP contribution is 2.23. The smallest absolute Gasteiger partial charge is 0.274 e. The summed E-state index contributed by atoms with van der Waals surface area (Å²) in [7, 11) is 0. The number of benzene rings is 2. The summed E-state index contributed by atoms with van der Waals surface area (Å²) in [4.78, 5) is 23.6. The van der Waals surface area contributed by atoms with E-state index in [-0.39, 0.29) is 11.7 Å². The minimum absolute atomic E-state index is 0.136. The Hall–Kier alpha value is -4.40. The van der Waals surface area contributed by atoms with Crippen LogP contribution < -0.4 is 22.1 Å². The first-order chi connectivity index (χ1) is 14.0. The molecule has 0 aliphatic carbocycles. The maximum atomic E-state index is 12.6. The molecule has 2 aromatic carbocycles. The number of carbonyl (C=O) groups is 1. The van der Waals surface area contributed by atoms with Crippen LogP contribution in [0.1, 0.15) is 5.56 Å².